The number of carbonyl (C=O) groups excluding carboxylic acids is 2. The van der Waals surface area contributed by atoms with Gasteiger partial charge in [-0.05, 0) is 47.4 Å². The predicted octanol–water partition coefficient (Wildman–Crippen LogP) is 5.25. The molecule has 0 fully saturated rings. The molecule has 0 saturated carbocycles. The Morgan fingerprint density at radius 3 is 2.27 bits per heavy atom. The molecule has 0 spiro atoms. The maximum absolute atomic E-state index is 13.5. The van der Waals surface area contributed by atoms with Gasteiger partial charge in [-0.2, -0.15) is 0 Å². The molecular formula is C28H40N2O3. The van der Waals surface area contributed by atoms with Crippen molar-refractivity contribution in [3.8, 4) is 5.75 Å². The molecule has 33 heavy (non-hydrogen) atoms. The van der Waals surface area contributed by atoms with Crippen LogP contribution in [0, 0.1) is 12.8 Å². The zero-order valence-electron chi connectivity index (χ0n) is 21.3. The minimum atomic E-state index is -0.558. The van der Waals surface area contributed by atoms with Crippen LogP contribution in [0.4, 0.5) is 0 Å². The van der Waals surface area contributed by atoms with Gasteiger partial charge < -0.3 is 15.0 Å². The average Bonchev–Trinajstić information content (AvgIpc) is 2.76. The first-order valence-electron chi connectivity index (χ1n) is 11.9. The van der Waals surface area contributed by atoms with Crippen molar-refractivity contribution < 1.29 is 14.3 Å². The molecule has 180 valence electrons. The highest BCUT2D eigenvalue weighted by Crippen LogP contribution is 2.31. The molecule has 0 heterocycles. The van der Waals surface area contributed by atoms with Crippen LogP contribution in [0.1, 0.15) is 64.7 Å². The second-order valence-corrected chi connectivity index (χ2v) is 10.0. The third kappa shape index (κ3) is 7.62. The first-order valence-corrected chi connectivity index (χ1v) is 11.9. The fraction of sp³-hybridized carbons (Fsp3) is 0.500. The first kappa shape index (κ1) is 26.4. The van der Waals surface area contributed by atoms with E-state index in [0.717, 1.165) is 16.7 Å². The Morgan fingerprint density at radius 1 is 1.03 bits per heavy atom. The van der Waals surface area contributed by atoms with E-state index in [0.29, 0.717) is 31.2 Å². The SMILES string of the molecule is CC[C@@H](C(=O)NCC(C)C)N(Cc1ccccc1C)C(=O)COc1ccccc1C(C)(C)C. The van der Waals surface area contributed by atoms with Gasteiger partial charge in [-0.15, -0.1) is 0 Å². The lowest BCUT2D eigenvalue weighted by Crippen LogP contribution is -2.50. The number of rotatable bonds is 10. The van der Waals surface area contributed by atoms with E-state index < -0.39 is 6.04 Å². The van der Waals surface area contributed by atoms with Gasteiger partial charge in [0, 0.05) is 13.1 Å². The van der Waals surface area contributed by atoms with E-state index in [4.69, 9.17) is 4.74 Å². The van der Waals surface area contributed by atoms with Crippen LogP contribution in [0.5, 0.6) is 5.75 Å². The molecule has 0 unspecified atom stereocenters. The van der Waals surface area contributed by atoms with Gasteiger partial charge in [0.25, 0.3) is 5.91 Å². The van der Waals surface area contributed by atoms with E-state index in [1.807, 2.05) is 62.4 Å². The summed E-state index contributed by atoms with van der Waals surface area (Å²) in [4.78, 5) is 28.1. The van der Waals surface area contributed by atoms with E-state index in [-0.39, 0.29) is 23.8 Å². The molecule has 2 aromatic rings. The second kappa shape index (κ2) is 11.9. The number of nitrogens with zero attached hydrogens (tertiary/aromatic N) is 1. The molecule has 2 rings (SSSR count). The highest BCUT2D eigenvalue weighted by molar-refractivity contribution is 5.88. The molecule has 0 aliphatic heterocycles. The lowest BCUT2D eigenvalue weighted by molar-refractivity contribution is -0.143. The summed E-state index contributed by atoms with van der Waals surface area (Å²) in [7, 11) is 0. The number of ether oxygens (including phenoxy) is 1. The van der Waals surface area contributed by atoms with Crippen molar-refractivity contribution in [2.24, 2.45) is 5.92 Å². The van der Waals surface area contributed by atoms with Gasteiger partial charge in [-0.3, -0.25) is 9.59 Å². The quantitative estimate of drug-likeness (QED) is 0.536. The van der Waals surface area contributed by atoms with Crippen molar-refractivity contribution in [1.29, 1.82) is 0 Å². The molecule has 1 atom stereocenters. The molecule has 0 bridgehead atoms. The van der Waals surface area contributed by atoms with Gasteiger partial charge in [0.15, 0.2) is 6.61 Å². The number of para-hydroxylation sites is 1. The predicted molar refractivity (Wildman–Crippen MR) is 134 cm³/mol. The maximum atomic E-state index is 13.5. The highest BCUT2D eigenvalue weighted by atomic mass is 16.5. The summed E-state index contributed by atoms with van der Waals surface area (Å²) in [5.41, 5.74) is 3.05. The van der Waals surface area contributed by atoms with Gasteiger partial charge in [0.1, 0.15) is 11.8 Å². The summed E-state index contributed by atoms with van der Waals surface area (Å²) < 4.78 is 6.02. The summed E-state index contributed by atoms with van der Waals surface area (Å²) in [6.45, 7) is 15.2. The third-order valence-corrected chi connectivity index (χ3v) is 5.72. The highest BCUT2D eigenvalue weighted by Gasteiger charge is 2.29. The minimum absolute atomic E-state index is 0.108. The van der Waals surface area contributed by atoms with Crippen LogP contribution in [0.25, 0.3) is 0 Å². The zero-order chi connectivity index (χ0) is 24.6. The third-order valence-electron chi connectivity index (χ3n) is 5.72. The fourth-order valence-corrected chi connectivity index (χ4v) is 3.75. The Kier molecular flexibility index (Phi) is 9.51. The van der Waals surface area contributed by atoms with Crippen molar-refractivity contribution in [2.75, 3.05) is 13.2 Å². The minimum Gasteiger partial charge on any atom is -0.483 e. The number of aryl methyl sites for hydroxylation is 1. The standard InChI is InChI=1S/C28H40N2O3/c1-8-24(27(32)29-17-20(2)3)30(18-22-14-10-9-13-21(22)4)26(31)19-33-25-16-12-11-15-23(25)28(5,6)7/h9-16,20,24H,8,17-19H2,1-7H3,(H,29,32)/t24-/m0/s1. The Hall–Kier alpha value is -2.82. The Morgan fingerprint density at radius 2 is 1.67 bits per heavy atom. The van der Waals surface area contributed by atoms with Crippen LogP contribution < -0.4 is 10.1 Å². The van der Waals surface area contributed by atoms with E-state index >= 15 is 0 Å². The number of hydrogen-bond donors (Lipinski definition) is 1. The van der Waals surface area contributed by atoms with Gasteiger partial charge in [0.05, 0.1) is 0 Å². The van der Waals surface area contributed by atoms with Gasteiger partial charge in [0.2, 0.25) is 5.91 Å². The Bertz CT molecular complexity index is 931. The topological polar surface area (TPSA) is 58.6 Å². The van der Waals surface area contributed by atoms with E-state index in [1.165, 1.54) is 0 Å². The summed E-state index contributed by atoms with van der Waals surface area (Å²) >= 11 is 0. The molecule has 0 aromatic heterocycles. The summed E-state index contributed by atoms with van der Waals surface area (Å²) in [6, 6.07) is 15.2. The molecule has 5 heteroatoms. The molecule has 2 amide bonds. The number of benzene rings is 2. The van der Waals surface area contributed by atoms with Crippen molar-refractivity contribution >= 4 is 11.8 Å². The fourth-order valence-electron chi connectivity index (χ4n) is 3.75. The smallest absolute Gasteiger partial charge is 0.261 e. The van der Waals surface area contributed by atoms with Crippen molar-refractivity contribution in [3.05, 3.63) is 65.2 Å². The van der Waals surface area contributed by atoms with Crippen molar-refractivity contribution in [1.82, 2.24) is 10.2 Å². The van der Waals surface area contributed by atoms with Crippen molar-refractivity contribution in [2.45, 2.75) is 72.9 Å². The number of hydrogen-bond acceptors (Lipinski definition) is 3. The summed E-state index contributed by atoms with van der Waals surface area (Å²) in [5, 5.41) is 3.00. The number of carbonyl (C=O) groups is 2. The lowest BCUT2D eigenvalue weighted by Gasteiger charge is -2.31. The zero-order valence-corrected chi connectivity index (χ0v) is 21.3. The van der Waals surface area contributed by atoms with E-state index in [9.17, 15) is 9.59 Å². The molecule has 1 N–H and O–H groups in total. The monoisotopic (exact) mass is 452 g/mol. The Balaban J connectivity index is 2.28. The normalized spacial score (nSPS) is 12.4. The maximum Gasteiger partial charge on any atom is 0.261 e. The van der Waals surface area contributed by atoms with Crippen LogP contribution >= 0.6 is 0 Å². The Labute approximate surface area is 199 Å². The lowest BCUT2D eigenvalue weighted by atomic mass is 9.86. The van der Waals surface area contributed by atoms with Crippen LogP contribution in [0.15, 0.2) is 48.5 Å². The average molecular weight is 453 g/mol. The first-order chi connectivity index (χ1) is 15.5. The molecule has 0 radical (unpaired) electrons. The summed E-state index contributed by atoms with van der Waals surface area (Å²) in [6.07, 6.45) is 0.528. The number of nitrogens with one attached hydrogen (secondary N) is 1. The van der Waals surface area contributed by atoms with Crippen LogP contribution in [0.3, 0.4) is 0 Å². The molecule has 2 aromatic carbocycles. The van der Waals surface area contributed by atoms with Crippen LogP contribution in [-0.2, 0) is 21.5 Å². The van der Waals surface area contributed by atoms with Crippen LogP contribution in [-0.4, -0.2) is 35.9 Å². The molecule has 0 aliphatic carbocycles. The number of amides is 2. The van der Waals surface area contributed by atoms with Crippen molar-refractivity contribution in [3.63, 3.8) is 0 Å². The summed E-state index contributed by atoms with van der Waals surface area (Å²) in [5.74, 6) is 0.715. The second-order valence-electron chi connectivity index (χ2n) is 10.0. The molecule has 0 saturated heterocycles. The van der Waals surface area contributed by atoms with E-state index in [2.05, 4.69) is 39.9 Å². The molecule has 5 nitrogen and oxygen atoms in total. The largest absolute Gasteiger partial charge is 0.483 e. The molecule has 0 aliphatic rings. The van der Waals surface area contributed by atoms with Gasteiger partial charge in [-0.1, -0.05) is 84.0 Å². The van der Waals surface area contributed by atoms with Gasteiger partial charge >= 0.3 is 0 Å². The van der Waals surface area contributed by atoms with E-state index in [1.54, 1.807) is 4.90 Å². The van der Waals surface area contributed by atoms with Crippen LogP contribution in [0.2, 0.25) is 0 Å². The van der Waals surface area contributed by atoms with Gasteiger partial charge in [-0.25, -0.2) is 0 Å². The molecular weight excluding hydrogens is 412 g/mol.